The second-order valence-electron chi connectivity index (χ2n) is 6.94. The maximum Gasteiger partial charge on any atom is 0.341 e. The summed E-state index contributed by atoms with van der Waals surface area (Å²) in [6.07, 6.45) is 2.27. The van der Waals surface area contributed by atoms with Crippen molar-refractivity contribution in [2.75, 3.05) is 12.4 Å². The third-order valence-corrected chi connectivity index (χ3v) is 6.78. The minimum absolute atomic E-state index is 0.332. The first-order chi connectivity index (χ1) is 14.4. The summed E-state index contributed by atoms with van der Waals surface area (Å²) in [7, 11) is 0. The molecule has 154 valence electrons. The quantitative estimate of drug-likeness (QED) is 0.264. The number of hydrogen-bond donors (Lipinski definition) is 1. The van der Waals surface area contributed by atoms with Gasteiger partial charge in [0.15, 0.2) is 6.61 Å². The molecule has 0 aliphatic carbocycles. The van der Waals surface area contributed by atoms with E-state index >= 15 is 0 Å². The van der Waals surface area contributed by atoms with Crippen molar-refractivity contribution in [2.45, 2.75) is 18.7 Å². The van der Waals surface area contributed by atoms with Crippen LogP contribution in [0, 0.1) is 17.4 Å². The summed E-state index contributed by atoms with van der Waals surface area (Å²) in [6, 6.07) is 22.9. The predicted octanol–water partition coefficient (Wildman–Crippen LogP) is 6.60. The van der Waals surface area contributed by atoms with Gasteiger partial charge in [-0.3, -0.25) is 0 Å². The molecule has 3 aromatic rings. The number of carboxylic acid groups (broad SMARTS) is 1. The van der Waals surface area contributed by atoms with E-state index in [9.17, 15) is 4.79 Å². The fourth-order valence-corrected chi connectivity index (χ4v) is 4.66. The van der Waals surface area contributed by atoms with E-state index in [4.69, 9.17) is 9.84 Å². The van der Waals surface area contributed by atoms with E-state index in [0.717, 1.165) is 14.2 Å². The summed E-state index contributed by atoms with van der Waals surface area (Å²) in [5, 5.41) is 8.75. The Morgan fingerprint density at radius 2 is 1.53 bits per heavy atom. The first-order valence-electron chi connectivity index (χ1n) is 9.53. The Balaban J connectivity index is 1.78. The Morgan fingerprint density at radius 3 is 2.03 bits per heavy atom. The number of benzene rings is 3. The average molecular weight is 530 g/mol. The smallest absolute Gasteiger partial charge is 0.341 e. The van der Waals surface area contributed by atoms with Gasteiger partial charge in [0, 0.05) is 14.2 Å². The Labute approximate surface area is 195 Å². The number of rotatable bonds is 8. The van der Waals surface area contributed by atoms with Crippen LogP contribution in [0.25, 0.3) is 5.57 Å². The fourth-order valence-electron chi connectivity index (χ4n) is 2.92. The number of aliphatic carboxylic acids is 1. The van der Waals surface area contributed by atoms with Crippen LogP contribution in [0.3, 0.4) is 0 Å². The fraction of sp³-hybridized carbons (Fsp3) is 0.160. The molecule has 0 atom stereocenters. The van der Waals surface area contributed by atoms with Crippen molar-refractivity contribution >= 4 is 45.9 Å². The lowest BCUT2D eigenvalue weighted by Crippen LogP contribution is -2.09. The number of carbonyl (C=O) groups is 1. The Kier molecular flexibility index (Phi) is 7.99. The highest BCUT2D eigenvalue weighted by Gasteiger charge is 2.07. The summed E-state index contributed by atoms with van der Waals surface area (Å²) < 4.78 is 6.30. The van der Waals surface area contributed by atoms with E-state index in [2.05, 4.69) is 91.0 Å². The van der Waals surface area contributed by atoms with Gasteiger partial charge in [-0.15, -0.1) is 11.8 Å². The molecule has 0 amide bonds. The predicted molar refractivity (Wildman–Crippen MR) is 132 cm³/mol. The molecule has 0 heterocycles. The maximum atomic E-state index is 10.7. The van der Waals surface area contributed by atoms with Crippen molar-refractivity contribution in [3.05, 3.63) is 98.6 Å². The lowest BCUT2D eigenvalue weighted by Gasteiger charge is -2.11. The van der Waals surface area contributed by atoms with Crippen LogP contribution in [-0.4, -0.2) is 23.4 Å². The zero-order chi connectivity index (χ0) is 21.5. The minimum atomic E-state index is -0.978. The number of aryl methyl sites for hydroxylation is 2. The van der Waals surface area contributed by atoms with Crippen LogP contribution in [0.4, 0.5) is 0 Å². The molecule has 0 saturated heterocycles. The Bertz CT molecular complexity index is 993. The van der Waals surface area contributed by atoms with E-state index in [-0.39, 0.29) is 6.61 Å². The maximum absolute atomic E-state index is 10.7. The van der Waals surface area contributed by atoms with Gasteiger partial charge in [-0.25, -0.2) is 4.79 Å². The molecule has 0 spiro atoms. The van der Waals surface area contributed by atoms with Gasteiger partial charge < -0.3 is 9.84 Å². The minimum Gasteiger partial charge on any atom is -0.482 e. The lowest BCUT2D eigenvalue weighted by molar-refractivity contribution is -0.139. The number of ether oxygens (including phenoxy) is 1. The number of thioether (sulfide) groups is 1. The summed E-state index contributed by atoms with van der Waals surface area (Å²) >= 11 is 4.01. The Hall–Kier alpha value is -2.25. The van der Waals surface area contributed by atoms with Crippen LogP contribution in [0.15, 0.2) is 77.7 Å². The van der Waals surface area contributed by atoms with E-state index in [0.29, 0.717) is 5.75 Å². The molecule has 0 radical (unpaired) electrons. The largest absolute Gasteiger partial charge is 0.482 e. The summed E-state index contributed by atoms with van der Waals surface area (Å²) in [5.41, 5.74) is 6.13. The molecule has 0 fully saturated rings. The summed E-state index contributed by atoms with van der Waals surface area (Å²) in [4.78, 5) is 11.8. The molecule has 0 bridgehead atoms. The molecule has 5 heteroatoms. The van der Waals surface area contributed by atoms with E-state index in [1.165, 1.54) is 27.8 Å². The topological polar surface area (TPSA) is 46.5 Å². The van der Waals surface area contributed by atoms with Crippen molar-refractivity contribution in [3.8, 4) is 5.75 Å². The second-order valence-corrected chi connectivity index (χ2v) is 9.16. The molecular weight excluding hydrogens is 507 g/mol. The van der Waals surface area contributed by atoms with Crippen LogP contribution < -0.4 is 4.74 Å². The molecule has 3 nitrogen and oxygen atoms in total. The summed E-state index contributed by atoms with van der Waals surface area (Å²) in [6.45, 7) is 3.86. The van der Waals surface area contributed by atoms with Gasteiger partial charge in [0.25, 0.3) is 0 Å². The van der Waals surface area contributed by atoms with Crippen molar-refractivity contribution in [1.29, 1.82) is 0 Å². The first-order valence-corrected chi connectivity index (χ1v) is 11.6. The van der Waals surface area contributed by atoms with Crippen molar-refractivity contribution < 1.29 is 14.6 Å². The number of hydrogen-bond acceptors (Lipinski definition) is 3. The number of halogens is 1. The zero-order valence-electron chi connectivity index (χ0n) is 16.9. The molecule has 0 aliphatic rings. The van der Waals surface area contributed by atoms with Crippen molar-refractivity contribution in [3.63, 3.8) is 0 Å². The molecular formula is C25H23IO3S. The molecule has 0 aliphatic heterocycles. The second kappa shape index (κ2) is 10.7. The Morgan fingerprint density at radius 1 is 0.967 bits per heavy atom. The molecule has 0 aromatic heterocycles. The monoisotopic (exact) mass is 530 g/mol. The molecule has 3 aromatic carbocycles. The zero-order valence-corrected chi connectivity index (χ0v) is 19.9. The van der Waals surface area contributed by atoms with Crippen LogP contribution >= 0.6 is 34.4 Å². The van der Waals surface area contributed by atoms with Crippen LogP contribution in [0.2, 0.25) is 0 Å². The van der Waals surface area contributed by atoms with E-state index in [1.54, 1.807) is 11.8 Å². The molecule has 1 N–H and O–H groups in total. The van der Waals surface area contributed by atoms with Gasteiger partial charge in [-0.1, -0.05) is 65.7 Å². The SMILES string of the molecule is Cc1ccc(C(=CCSc2ccc(OCC(=O)O)cc2I)c2ccc(C)cc2)cc1. The number of carboxylic acids is 1. The average Bonchev–Trinajstić information content (AvgIpc) is 2.72. The normalized spacial score (nSPS) is 10.5. The van der Waals surface area contributed by atoms with Gasteiger partial charge >= 0.3 is 5.97 Å². The van der Waals surface area contributed by atoms with Gasteiger partial charge in [0.2, 0.25) is 0 Å². The lowest BCUT2D eigenvalue weighted by atomic mass is 9.96. The molecule has 0 saturated carbocycles. The summed E-state index contributed by atoms with van der Waals surface area (Å²) in [5.74, 6) is 0.414. The van der Waals surface area contributed by atoms with Gasteiger partial charge in [-0.2, -0.15) is 0 Å². The van der Waals surface area contributed by atoms with Crippen LogP contribution in [0.5, 0.6) is 5.75 Å². The first kappa shape index (κ1) is 22.4. The van der Waals surface area contributed by atoms with Crippen LogP contribution in [0.1, 0.15) is 22.3 Å². The van der Waals surface area contributed by atoms with Gasteiger partial charge in [0.05, 0.1) is 0 Å². The van der Waals surface area contributed by atoms with Gasteiger partial charge in [0.1, 0.15) is 5.75 Å². The molecule has 0 unspecified atom stereocenters. The van der Waals surface area contributed by atoms with Crippen molar-refractivity contribution in [1.82, 2.24) is 0 Å². The van der Waals surface area contributed by atoms with Crippen molar-refractivity contribution in [2.24, 2.45) is 0 Å². The third-order valence-electron chi connectivity index (χ3n) is 4.52. The third kappa shape index (κ3) is 6.37. The highest BCUT2D eigenvalue weighted by atomic mass is 127. The van der Waals surface area contributed by atoms with Crippen LogP contribution in [-0.2, 0) is 4.79 Å². The van der Waals surface area contributed by atoms with E-state index < -0.39 is 5.97 Å². The standard InChI is InChI=1S/C25H23IO3S/c1-17-3-7-19(8-4-17)22(20-9-5-18(2)6-10-20)13-14-30-24-12-11-21(15-23(24)26)29-16-25(27)28/h3-13,15H,14,16H2,1-2H3,(H,27,28). The van der Waals surface area contributed by atoms with Gasteiger partial charge in [-0.05, 0) is 71.3 Å². The highest BCUT2D eigenvalue weighted by molar-refractivity contribution is 14.1. The highest BCUT2D eigenvalue weighted by Crippen LogP contribution is 2.30. The van der Waals surface area contributed by atoms with E-state index in [1.807, 2.05) is 18.2 Å². The molecule has 30 heavy (non-hydrogen) atoms. The molecule has 3 rings (SSSR count).